The monoisotopic (exact) mass is 272 g/mol. The van der Waals surface area contributed by atoms with Crippen LogP contribution >= 0.6 is 0 Å². The zero-order valence-corrected chi connectivity index (χ0v) is 10.5. The Bertz CT molecular complexity index is 636. The Hall–Kier alpha value is -2.69. The van der Waals surface area contributed by atoms with Gasteiger partial charge in [-0.05, 0) is 5.56 Å². The van der Waals surface area contributed by atoms with Crippen LogP contribution in [0.3, 0.4) is 0 Å². The Balaban J connectivity index is 1.86. The van der Waals surface area contributed by atoms with Crippen molar-refractivity contribution in [3.8, 4) is 17.2 Å². The molecule has 0 saturated heterocycles. The van der Waals surface area contributed by atoms with Crippen LogP contribution in [0.15, 0.2) is 42.5 Å². The van der Waals surface area contributed by atoms with E-state index in [1.165, 1.54) is 6.07 Å². The summed E-state index contributed by atoms with van der Waals surface area (Å²) in [5.41, 5.74) is 1.02. The Morgan fingerprint density at radius 1 is 1.15 bits per heavy atom. The second-order valence-corrected chi connectivity index (χ2v) is 4.28. The first kappa shape index (κ1) is 12.3. The minimum Gasteiger partial charge on any atom is -0.488 e. The first-order valence-electron chi connectivity index (χ1n) is 6.08. The minimum atomic E-state index is -1.06. The van der Waals surface area contributed by atoms with E-state index in [4.69, 9.17) is 14.2 Å². The summed E-state index contributed by atoms with van der Waals surface area (Å²) in [6.07, 6.45) is 0. The van der Waals surface area contributed by atoms with Gasteiger partial charge in [0.1, 0.15) is 17.9 Å². The van der Waals surface area contributed by atoms with Gasteiger partial charge in [-0.1, -0.05) is 30.3 Å². The van der Waals surface area contributed by atoms with Crippen LogP contribution in [0.5, 0.6) is 17.2 Å². The number of carbonyl (C=O) groups is 1. The van der Waals surface area contributed by atoms with Crippen molar-refractivity contribution in [3.05, 3.63) is 53.6 Å². The lowest BCUT2D eigenvalue weighted by Crippen LogP contribution is -2.03. The molecule has 0 unspecified atom stereocenters. The third kappa shape index (κ3) is 2.38. The molecule has 5 nitrogen and oxygen atoms in total. The maximum absolute atomic E-state index is 11.3. The molecule has 1 heterocycles. The quantitative estimate of drug-likeness (QED) is 0.927. The van der Waals surface area contributed by atoms with Gasteiger partial charge in [0.2, 0.25) is 6.79 Å². The molecule has 1 aliphatic rings. The molecular weight excluding hydrogens is 260 g/mol. The fourth-order valence-corrected chi connectivity index (χ4v) is 1.95. The summed E-state index contributed by atoms with van der Waals surface area (Å²) in [7, 11) is 0. The first-order valence-corrected chi connectivity index (χ1v) is 6.08. The largest absolute Gasteiger partial charge is 0.488 e. The molecule has 1 N–H and O–H groups in total. The molecule has 0 saturated carbocycles. The van der Waals surface area contributed by atoms with Gasteiger partial charge in [-0.3, -0.25) is 0 Å². The number of rotatable bonds is 4. The molecule has 0 amide bonds. The molecule has 0 spiro atoms. The molecule has 5 heteroatoms. The number of carboxylic acid groups (broad SMARTS) is 1. The highest BCUT2D eigenvalue weighted by molar-refractivity contribution is 5.92. The molecule has 0 aliphatic carbocycles. The van der Waals surface area contributed by atoms with Crippen LogP contribution in [-0.4, -0.2) is 17.9 Å². The van der Waals surface area contributed by atoms with Crippen molar-refractivity contribution in [2.75, 3.05) is 6.79 Å². The van der Waals surface area contributed by atoms with Crippen molar-refractivity contribution >= 4 is 5.97 Å². The lowest BCUT2D eigenvalue weighted by atomic mass is 10.1. The van der Waals surface area contributed by atoms with E-state index in [9.17, 15) is 9.90 Å². The number of hydrogen-bond acceptors (Lipinski definition) is 4. The Labute approximate surface area is 115 Å². The van der Waals surface area contributed by atoms with E-state index >= 15 is 0 Å². The van der Waals surface area contributed by atoms with E-state index in [1.54, 1.807) is 6.07 Å². The Morgan fingerprint density at radius 3 is 2.55 bits per heavy atom. The lowest BCUT2D eigenvalue weighted by Gasteiger charge is -2.10. The van der Waals surface area contributed by atoms with Gasteiger partial charge in [0.05, 0.1) is 0 Å². The summed E-state index contributed by atoms with van der Waals surface area (Å²) >= 11 is 0. The van der Waals surface area contributed by atoms with Gasteiger partial charge in [0, 0.05) is 12.1 Å². The topological polar surface area (TPSA) is 65.0 Å². The zero-order valence-electron chi connectivity index (χ0n) is 10.5. The first-order chi connectivity index (χ1) is 9.74. The second-order valence-electron chi connectivity index (χ2n) is 4.28. The van der Waals surface area contributed by atoms with E-state index in [1.807, 2.05) is 30.3 Å². The SMILES string of the molecule is O=C(O)c1cc2c(cc1OCc1ccccc1)OCO2. The molecule has 2 aromatic rings. The zero-order chi connectivity index (χ0) is 13.9. The normalized spacial score (nSPS) is 12.2. The van der Waals surface area contributed by atoms with Gasteiger partial charge in [-0.15, -0.1) is 0 Å². The maximum Gasteiger partial charge on any atom is 0.339 e. The van der Waals surface area contributed by atoms with E-state index in [0.29, 0.717) is 18.1 Å². The van der Waals surface area contributed by atoms with Crippen LogP contribution < -0.4 is 14.2 Å². The second kappa shape index (κ2) is 5.13. The van der Waals surface area contributed by atoms with Crippen molar-refractivity contribution in [2.45, 2.75) is 6.61 Å². The highest BCUT2D eigenvalue weighted by Crippen LogP contribution is 2.38. The van der Waals surface area contributed by atoms with E-state index in [0.717, 1.165) is 5.56 Å². The van der Waals surface area contributed by atoms with Crippen molar-refractivity contribution in [2.24, 2.45) is 0 Å². The van der Waals surface area contributed by atoms with Crippen molar-refractivity contribution in [1.29, 1.82) is 0 Å². The molecule has 0 bridgehead atoms. The van der Waals surface area contributed by atoms with E-state index in [2.05, 4.69) is 0 Å². The van der Waals surface area contributed by atoms with Gasteiger partial charge in [-0.2, -0.15) is 0 Å². The average Bonchev–Trinajstić information content (AvgIpc) is 2.92. The van der Waals surface area contributed by atoms with E-state index in [-0.39, 0.29) is 18.1 Å². The van der Waals surface area contributed by atoms with E-state index < -0.39 is 5.97 Å². The predicted molar refractivity (Wildman–Crippen MR) is 70.3 cm³/mol. The fraction of sp³-hybridized carbons (Fsp3) is 0.133. The lowest BCUT2D eigenvalue weighted by molar-refractivity contribution is 0.0691. The molecule has 3 rings (SSSR count). The average molecular weight is 272 g/mol. The number of carboxylic acids is 1. The van der Waals surface area contributed by atoms with Gasteiger partial charge in [0.15, 0.2) is 11.5 Å². The summed E-state index contributed by atoms with van der Waals surface area (Å²) in [5, 5.41) is 9.22. The highest BCUT2D eigenvalue weighted by Gasteiger charge is 2.21. The number of benzene rings is 2. The molecule has 0 aromatic heterocycles. The van der Waals surface area contributed by atoms with Crippen molar-refractivity contribution in [1.82, 2.24) is 0 Å². The minimum absolute atomic E-state index is 0.0604. The summed E-state index contributed by atoms with van der Waals surface area (Å²) in [6.45, 7) is 0.386. The maximum atomic E-state index is 11.3. The molecule has 0 atom stereocenters. The fourth-order valence-electron chi connectivity index (χ4n) is 1.95. The molecule has 0 fully saturated rings. The summed E-state index contributed by atoms with van der Waals surface area (Å²) in [4.78, 5) is 11.3. The standard InChI is InChI=1S/C15H12O5/c16-15(17)11-6-13-14(20-9-19-13)7-12(11)18-8-10-4-2-1-3-5-10/h1-7H,8-9H2,(H,16,17). The predicted octanol–water partition coefficient (Wildman–Crippen LogP) is 2.69. The molecule has 102 valence electrons. The Kier molecular flexibility index (Phi) is 3.16. The third-order valence-electron chi connectivity index (χ3n) is 2.94. The summed E-state index contributed by atoms with van der Waals surface area (Å²) in [5.74, 6) is 0.129. The van der Waals surface area contributed by atoms with Crippen LogP contribution in [0.1, 0.15) is 15.9 Å². The van der Waals surface area contributed by atoms with Crippen molar-refractivity contribution in [3.63, 3.8) is 0 Å². The summed E-state index contributed by atoms with van der Waals surface area (Å²) < 4.78 is 16.0. The molecule has 2 aromatic carbocycles. The van der Waals surface area contributed by atoms with Crippen LogP contribution in [0.4, 0.5) is 0 Å². The number of hydrogen-bond donors (Lipinski definition) is 1. The number of fused-ring (bicyclic) bond motifs is 1. The third-order valence-corrected chi connectivity index (χ3v) is 2.94. The van der Waals surface area contributed by atoms with Crippen molar-refractivity contribution < 1.29 is 24.1 Å². The van der Waals surface area contributed by atoms with Crippen LogP contribution in [0.25, 0.3) is 0 Å². The molecular formula is C15H12O5. The van der Waals surface area contributed by atoms with Gasteiger partial charge >= 0.3 is 5.97 Å². The van der Waals surface area contributed by atoms with Gasteiger partial charge in [0.25, 0.3) is 0 Å². The molecule has 0 radical (unpaired) electrons. The smallest absolute Gasteiger partial charge is 0.339 e. The van der Waals surface area contributed by atoms with Gasteiger partial charge in [-0.25, -0.2) is 4.79 Å². The highest BCUT2D eigenvalue weighted by atomic mass is 16.7. The van der Waals surface area contributed by atoms with Crippen LogP contribution in [0.2, 0.25) is 0 Å². The number of aromatic carboxylic acids is 1. The van der Waals surface area contributed by atoms with Crippen LogP contribution in [-0.2, 0) is 6.61 Å². The molecule has 1 aliphatic heterocycles. The number of ether oxygens (including phenoxy) is 3. The van der Waals surface area contributed by atoms with Gasteiger partial charge < -0.3 is 19.3 Å². The molecule has 20 heavy (non-hydrogen) atoms. The summed E-state index contributed by atoms with van der Waals surface area (Å²) in [6, 6.07) is 12.5. The van der Waals surface area contributed by atoms with Crippen LogP contribution in [0, 0.1) is 0 Å². The Morgan fingerprint density at radius 2 is 1.85 bits per heavy atom.